The van der Waals surface area contributed by atoms with Crippen LogP contribution in [0.15, 0.2) is 21.9 Å². The molecule has 0 radical (unpaired) electrons. The second-order valence-electron chi connectivity index (χ2n) is 4.39. The molecule has 9 heteroatoms. The van der Waals surface area contributed by atoms with Gasteiger partial charge in [-0.1, -0.05) is 0 Å². The second-order valence-corrected chi connectivity index (χ2v) is 4.39. The number of nitrogens with zero attached hydrogens (tertiary/aromatic N) is 1. The number of rotatable bonds is 2. The Labute approximate surface area is 106 Å². The highest BCUT2D eigenvalue weighted by molar-refractivity contribution is 4.94. The quantitative estimate of drug-likeness (QED) is 0.377. The zero-order valence-corrected chi connectivity index (χ0v) is 9.89. The number of aliphatic hydroxyl groups excluding tert-OH is 3. The van der Waals surface area contributed by atoms with Gasteiger partial charge in [-0.3, -0.25) is 20.1 Å². The average molecular weight is 273 g/mol. The third-order valence-electron chi connectivity index (χ3n) is 3.09. The molecule has 1 saturated heterocycles. The van der Waals surface area contributed by atoms with E-state index in [0.29, 0.717) is 0 Å². The maximum absolute atomic E-state index is 11.7. The summed E-state index contributed by atoms with van der Waals surface area (Å²) >= 11 is 0. The van der Waals surface area contributed by atoms with Crippen molar-refractivity contribution in [2.75, 3.05) is 6.61 Å². The van der Waals surface area contributed by atoms with Crippen molar-refractivity contribution in [3.05, 3.63) is 33.1 Å². The summed E-state index contributed by atoms with van der Waals surface area (Å²) in [7, 11) is 0. The van der Waals surface area contributed by atoms with Gasteiger partial charge in [0.25, 0.3) is 5.56 Å². The van der Waals surface area contributed by atoms with Gasteiger partial charge in [-0.2, -0.15) is 0 Å². The summed E-state index contributed by atoms with van der Waals surface area (Å²) in [4.78, 5) is 24.7. The molecular formula is C10H15N3O6. The number of nitrogens with one attached hydrogen (secondary N) is 1. The van der Waals surface area contributed by atoms with Gasteiger partial charge >= 0.3 is 5.69 Å². The van der Waals surface area contributed by atoms with Gasteiger partial charge in [0.05, 0.1) is 12.7 Å². The van der Waals surface area contributed by atoms with E-state index in [1.165, 1.54) is 0 Å². The molecule has 2 unspecified atom stereocenters. The van der Waals surface area contributed by atoms with Crippen LogP contribution in [0.4, 0.5) is 0 Å². The van der Waals surface area contributed by atoms with Crippen LogP contribution in [0.2, 0.25) is 0 Å². The molecule has 2 heterocycles. The van der Waals surface area contributed by atoms with Gasteiger partial charge in [-0.25, -0.2) is 4.79 Å². The first kappa shape index (κ1) is 13.9. The standard InChI is InChI=1S/C10H15N3O6/c11-10(13-2-1-8(17)12-9(13)18)7(16)3-5(15)6(4-14)19-10/h1-2,5-7,14-16H,3-4,11H2,(H,12,17,18)/t5-,6?,7+,10?/m1/s1. The van der Waals surface area contributed by atoms with Crippen LogP contribution >= 0.6 is 0 Å². The van der Waals surface area contributed by atoms with Crippen LogP contribution in [0, 0.1) is 0 Å². The van der Waals surface area contributed by atoms with Crippen molar-refractivity contribution >= 4 is 0 Å². The van der Waals surface area contributed by atoms with Gasteiger partial charge in [0, 0.05) is 18.7 Å². The van der Waals surface area contributed by atoms with Gasteiger partial charge in [0.15, 0.2) is 0 Å². The van der Waals surface area contributed by atoms with Gasteiger partial charge in [-0.05, 0) is 0 Å². The fraction of sp³-hybridized carbons (Fsp3) is 0.600. The van der Waals surface area contributed by atoms with Crippen LogP contribution < -0.4 is 17.0 Å². The molecule has 9 nitrogen and oxygen atoms in total. The molecular weight excluding hydrogens is 258 g/mol. The summed E-state index contributed by atoms with van der Waals surface area (Å²) in [6, 6.07) is 1.05. The molecule has 0 aliphatic carbocycles. The van der Waals surface area contributed by atoms with Crippen molar-refractivity contribution in [3.8, 4) is 0 Å². The minimum Gasteiger partial charge on any atom is -0.394 e. The van der Waals surface area contributed by atoms with Crippen LogP contribution in [-0.4, -0.2) is 49.8 Å². The van der Waals surface area contributed by atoms with Crippen LogP contribution in [-0.2, 0) is 10.6 Å². The maximum atomic E-state index is 11.7. The third kappa shape index (κ3) is 2.33. The van der Waals surface area contributed by atoms with Crippen LogP contribution in [0.3, 0.4) is 0 Å². The van der Waals surface area contributed by atoms with Crippen molar-refractivity contribution < 1.29 is 20.1 Å². The molecule has 0 amide bonds. The lowest BCUT2D eigenvalue weighted by Crippen LogP contribution is -2.66. The minimum absolute atomic E-state index is 0.173. The number of aromatic nitrogens is 2. The molecule has 1 aliphatic heterocycles. The Bertz CT molecular complexity index is 569. The maximum Gasteiger partial charge on any atom is 0.331 e. The summed E-state index contributed by atoms with van der Waals surface area (Å²) in [5.41, 5.74) is 4.37. The van der Waals surface area contributed by atoms with Crippen molar-refractivity contribution in [2.24, 2.45) is 5.73 Å². The first-order valence-corrected chi connectivity index (χ1v) is 5.64. The van der Waals surface area contributed by atoms with Gasteiger partial charge < -0.3 is 20.1 Å². The van der Waals surface area contributed by atoms with Crippen molar-refractivity contribution in [1.29, 1.82) is 0 Å². The SMILES string of the molecule is NC1(n2ccc(=O)[nH]c2=O)OC(CO)[C@H](O)C[C@@H]1O. The number of ether oxygens (including phenoxy) is 1. The molecule has 1 aromatic heterocycles. The Morgan fingerprint density at radius 3 is 2.79 bits per heavy atom. The summed E-state index contributed by atoms with van der Waals surface area (Å²) in [6.07, 6.45) is -2.61. The second kappa shape index (κ2) is 4.87. The van der Waals surface area contributed by atoms with Crippen LogP contribution in [0.5, 0.6) is 0 Å². The Kier molecular flexibility index (Phi) is 3.56. The van der Waals surface area contributed by atoms with E-state index in [1.54, 1.807) is 0 Å². The number of aromatic amines is 1. The number of nitrogens with two attached hydrogens (primary N) is 1. The molecule has 19 heavy (non-hydrogen) atoms. The molecule has 0 aromatic carbocycles. The number of aliphatic hydroxyl groups is 3. The van der Waals surface area contributed by atoms with Crippen LogP contribution in [0.1, 0.15) is 6.42 Å². The van der Waals surface area contributed by atoms with E-state index in [-0.39, 0.29) is 6.42 Å². The van der Waals surface area contributed by atoms with E-state index in [4.69, 9.17) is 15.6 Å². The number of hydrogen-bond acceptors (Lipinski definition) is 7. The monoisotopic (exact) mass is 273 g/mol. The highest BCUT2D eigenvalue weighted by Crippen LogP contribution is 2.28. The molecule has 1 aliphatic rings. The first-order chi connectivity index (χ1) is 8.88. The lowest BCUT2D eigenvalue weighted by Gasteiger charge is -2.44. The Balaban J connectivity index is 2.45. The van der Waals surface area contributed by atoms with Gasteiger partial charge in [0.2, 0.25) is 5.85 Å². The highest BCUT2D eigenvalue weighted by atomic mass is 16.6. The fourth-order valence-electron chi connectivity index (χ4n) is 2.02. The predicted molar refractivity (Wildman–Crippen MR) is 62.1 cm³/mol. The van der Waals surface area contributed by atoms with E-state index in [2.05, 4.69) is 0 Å². The fourth-order valence-corrected chi connectivity index (χ4v) is 2.02. The molecule has 106 valence electrons. The zero-order valence-electron chi connectivity index (χ0n) is 9.89. The summed E-state index contributed by atoms with van der Waals surface area (Å²) in [5, 5.41) is 28.6. The molecule has 4 atom stereocenters. The first-order valence-electron chi connectivity index (χ1n) is 5.64. The molecule has 0 bridgehead atoms. The van der Waals surface area contributed by atoms with Crippen molar-refractivity contribution in [1.82, 2.24) is 9.55 Å². The average Bonchev–Trinajstić information content (AvgIpc) is 2.33. The molecule has 2 rings (SSSR count). The lowest BCUT2D eigenvalue weighted by atomic mass is 9.99. The Morgan fingerprint density at radius 2 is 2.21 bits per heavy atom. The molecule has 6 N–H and O–H groups in total. The van der Waals surface area contributed by atoms with Crippen molar-refractivity contribution in [2.45, 2.75) is 30.6 Å². The predicted octanol–water partition coefficient (Wildman–Crippen LogP) is -3.39. The van der Waals surface area contributed by atoms with Gasteiger partial charge in [0.1, 0.15) is 12.2 Å². The summed E-state index contributed by atoms with van der Waals surface area (Å²) < 4.78 is 6.04. The summed E-state index contributed by atoms with van der Waals surface area (Å²) in [6.45, 7) is -0.523. The minimum atomic E-state index is -1.96. The zero-order chi connectivity index (χ0) is 14.2. The van der Waals surface area contributed by atoms with E-state index in [0.717, 1.165) is 16.8 Å². The van der Waals surface area contributed by atoms with E-state index in [1.807, 2.05) is 4.98 Å². The Morgan fingerprint density at radius 1 is 1.53 bits per heavy atom. The van der Waals surface area contributed by atoms with Gasteiger partial charge in [-0.15, -0.1) is 0 Å². The summed E-state index contributed by atoms with van der Waals surface area (Å²) in [5.74, 6) is -1.96. The topological polar surface area (TPSA) is 151 Å². The largest absolute Gasteiger partial charge is 0.394 e. The Hall–Kier alpha value is -1.52. The third-order valence-corrected chi connectivity index (χ3v) is 3.09. The van der Waals surface area contributed by atoms with E-state index < -0.39 is 42.0 Å². The molecule has 0 spiro atoms. The van der Waals surface area contributed by atoms with E-state index in [9.17, 15) is 19.8 Å². The lowest BCUT2D eigenvalue weighted by molar-refractivity contribution is -0.271. The van der Waals surface area contributed by atoms with E-state index >= 15 is 0 Å². The normalized spacial score (nSPS) is 35.3. The van der Waals surface area contributed by atoms with Crippen molar-refractivity contribution in [3.63, 3.8) is 0 Å². The highest BCUT2D eigenvalue weighted by Gasteiger charge is 2.47. The van der Waals surface area contributed by atoms with Crippen LogP contribution in [0.25, 0.3) is 0 Å². The molecule has 1 aromatic rings. The number of hydrogen-bond donors (Lipinski definition) is 5. The molecule has 0 saturated carbocycles. The molecule has 1 fully saturated rings. The smallest absolute Gasteiger partial charge is 0.331 e. The number of H-pyrrole nitrogens is 1.